The van der Waals surface area contributed by atoms with Crippen LogP contribution in [0.25, 0.3) is 0 Å². The van der Waals surface area contributed by atoms with Gasteiger partial charge in [0.2, 0.25) is 0 Å². The van der Waals surface area contributed by atoms with Gasteiger partial charge in [0.25, 0.3) is 10.0 Å². The molecular weight excluding hydrogens is 314 g/mol. The van der Waals surface area contributed by atoms with E-state index >= 15 is 0 Å². The molecule has 1 aromatic rings. The van der Waals surface area contributed by atoms with Crippen LogP contribution in [-0.2, 0) is 10.0 Å². The third kappa shape index (κ3) is 4.94. The Morgan fingerprint density at radius 2 is 2.10 bits per heavy atom. The second-order valence-electron chi connectivity index (χ2n) is 4.81. The van der Waals surface area contributed by atoms with Gasteiger partial charge in [-0.05, 0) is 13.3 Å². The highest BCUT2D eigenvalue weighted by molar-refractivity contribution is 7.91. The van der Waals surface area contributed by atoms with E-state index in [1.54, 1.807) is 6.92 Å². The molecule has 0 radical (unpaired) electrons. The predicted octanol–water partition coefficient (Wildman–Crippen LogP) is 2.95. The predicted molar refractivity (Wildman–Crippen MR) is 84.4 cm³/mol. The number of nitrogens with one attached hydrogen (secondary N) is 2. The molecule has 21 heavy (non-hydrogen) atoms. The van der Waals surface area contributed by atoms with E-state index in [1.165, 1.54) is 7.05 Å². The molecule has 0 spiro atoms. The molecule has 1 rings (SSSR count). The Balaban J connectivity index is 2.85. The van der Waals surface area contributed by atoms with E-state index in [0.29, 0.717) is 0 Å². The molecule has 0 aromatic carbocycles. The van der Waals surface area contributed by atoms with Crippen molar-refractivity contribution in [3.8, 4) is 0 Å². The van der Waals surface area contributed by atoms with Gasteiger partial charge in [-0.3, -0.25) is 10.1 Å². The number of anilines is 1. The fraction of sp³-hybridized carbons (Fsp3) is 0.667. The van der Waals surface area contributed by atoms with E-state index in [2.05, 4.69) is 17.0 Å². The van der Waals surface area contributed by atoms with Crippen molar-refractivity contribution in [2.75, 3.05) is 12.4 Å². The van der Waals surface area contributed by atoms with Crippen molar-refractivity contribution < 1.29 is 13.3 Å². The lowest BCUT2D eigenvalue weighted by Crippen LogP contribution is -2.32. The lowest BCUT2D eigenvalue weighted by atomic mass is 10.1. The third-order valence-electron chi connectivity index (χ3n) is 2.98. The SMILES string of the molecule is CCCCCC(C)NS(=O)(=O)c1cc([N+](=O)[O-])c(NC)s1. The maximum atomic E-state index is 12.2. The second kappa shape index (κ2) is 7.71. The monoisotopic (exact) mass is 335 g/mol. The molecule has 1 aromatic heterocycles. The first-order valence-electron chi connectivity index (χ1n) is 6.80. The first kappa shape index (κ1) is 17.9. The quantitative estimate of drug-likeness (QED) is 0.410. The summed E-state index contributed by atoms with van der Waals surface area (Å²) in [5.41, 5.74) is -0.221. The highest BCUT2D eigenvalue weighted by Crippen LogP contribution is 2.36. The Kier molecular flexibility index (Phi) is 6.56. The van der Waals surface area contributed by atoms with Crippen molar-refractivity contribution in [1.82, 2.24) is 4.72 Å². The van der Waals surface area contributed by atoms with Gasteiger partial charge in [0, 0.05) is 19.2 Å². The fourth-order valence-corrected chi connectivity index (χ4v) is 4.46. The zero-order chi connectivity index (χ0) is 16.0. The van der Waals surface area contributed by atoms with Crippen molar-refractivity contribution in [3.05, 3.63) is 16.2 Å². The molecule has 0 bridgehead atoms. The lowest BCUT2D eigenvalue weighted by Gasteiger charge is -2.12. The minimum absolute atomic E-state index is 0.0408. The molecule has 120 valence electrons. The van der Waals surface area contributed by atoms with Crippen molar-refractivity contribution >= 4 is 32.0 Å². The fourth-order valence-electron chi connectivity index (χ4n) is 1.89. The smallest absolute Gasteiger partial charge is 0.304 e. The van der Waals surface area contributed by atoms with E-state index < -0.39 is 14.9 Å². The van der Waals surface area contributed by atoms with Crippen LogP contribution in [0.2, 0.25) is 0 Å². The van der Waals surface area contributed by atoms with Crippen LogP contribution in [0, 0.1) is 10.1 Å². The second-order valence-corrected chi connectivity index (χ2v) is 7.80. The number of hydrogen-bond acceptors (Lipinski definition) is 6. The Hall–Kier alpha value is -1.19. The standard InChI is InChI=1S/C12H21N3O4S2/c1-4-5-6-7-9(2)14-21(18,19)11-8-10(15(16)17)12(13-3)20-11/h8-9,13-14H,4-7H2,1-3H3. The van der Waals surface area contributed by atoms with Crippen LogP contribution in [0.5, 0.6) is 0 Å². The average Bonchev–Trinajstić information content (AvgIpc) is 2.83. The van der Waals surface area contributed by atoms with Gasteiger partial charge in [-0.1, -0.05) is 37.5 Å². The number of rotatable bonds is 9. The third-order valence-corrected chi connectivity index (χ3v) is 6.18. The lowest BCUT2D eigenvalue weighted by molar-refractivity contribution is -0.383. The van der Waals surface area contributed by atoms with Crippen molar-refractivity contribution in [1.29, 1.82) is 0 Å². The normalized spacial score (nSPS) is 13.1. The van der Waals surface area contributed by atoms with E-state index in [-0.39, 0.29) is 20.9 Å². The summed E-state index contributed by atoms with van der Waals surface area (Å²) in [7, 11) is -2.19. The van der Waals surface area contributed by atoms with E-state index in [4.69, 9.17) is 0 Å². The van der Waals surface area contributed by atoms with Crippen LogP contribution >= 0.6 is 11.3 Å². The minimum atomic E-state index is -3.72. The van der Waals surface area contributed by atoms with Gasteiger partial charge >= 0.3 is 5.69 Å². The first-order chi connectivity index (χ1) is 9.81. The van der Waals surface area contributed by atoms with Gasteiger partial charge in [-0.15, -0.1) is 0 Å². The number of sulfonamides is 1. The molecule has 1 unspecified atom stereocenters. The summed E-state index contributed by atoms with van der Waals surface area (Å²) in [5, 5.41) is 13.8. The summed E-state index contributed by atoms with van der Waals surface area (Å²) >= 11 is 0.862. The number of hydrogen-bond donors (Lipinski definition) is 2. The molecule has 0 aliphatic heterocycles. The maximum absolute atomic E-state index is 12.2. The Labute approximate surface area is 129 Å². The highest BCUT2D eigenvalue weighted by Gasteiger charge is 2.26. The van der Waals surface area contributed by atoms with Crippen LogP contribution in [0.4, 0.5) is 10.7 Å². The Bertz CT molecular complexity index is 583. The van der Waals surface area contributed by atoms with Crippen LogP contribution < -0.4 is 10.0 Å². The minimum Gasteiger partial charge on any atom is -0.374 e. The van der Waals surface area contributed by atoms with E-state index in [9.17, 15) is 18.5 Å². The summed E-state index contributed by atoms with van der Waals surface area (Å²) in [6.45, 7) is 3.88. The van der Waals surface area contributed by atoms with Crippen LogP contribution in [-0.4, -0.2) is 26.4 Å². The number of nitrogens with zero attached hydrogens (tertiary/aromatic N) is 1. The zero-order valence-corrected chi connectivity index (χ0v) is 14.0. The molecule has 0 saturated heterocycles. The van der Waals surface area contributed by atoms with Gasteiger partial charge in [-0.2, -0.15) is 0 Å². The van der Waals surface area contributed by atoms with E-state index in [1.807, 2.05) is 0 Å². The topological polar surface area (TPSA) is 101 Å². The van der Waals surface area contributed by atoms with Crippen molar-refractivity contribution in [3.63, 3.8) is 0 Å². The van der Waals surface area contributed by atoms with Crippen molar-refractivity contribution in [2.24, 2.45) is 0 Å². The summed E-state index contributed by atoms with van der Waals surface area (Å²) in [4.78, 5) is 10.3. The summed E-state index contributed by atoms with van der Waals surface area (Å²) in [6.07, 6.45) is 3.83. The molecular formula is C12H21N3O4S2. The average molecular weight is 335 g/mol. The number of thiophene rings is 1. The van der Waals surface area contributed by atoms with Gasteiger partial charge in [0.1, 0.15) is 4.21 Å². The molecule has 1 heterocycles. The van der Waals surface area contributed by atoms with Gasteiger partial charge in [0.15, 0.2) is 5.00 Å². The van der Waals surface area contributed by atoms with Gasteiger partial charge < -0.3 is 5.32 Å². The van der Waals surface area contributed by atoms with E-state index in [0.717, 1.165) is 43.1 Å². The Morgan fingerprint density at radius 3 is 2.57 bits per heavy atom. The number of unbranched alkanes of at least 4 members (excludes halogenated alkanes) is 2. The molecule has 0 amide bonds. The molecule has 2 N–H and O–H groups in total. The molecule has 9 heteroatoms. The van der Waals surface area contributed by atoms with Crippen LogP contribution in [0.3, 0.4) is 0 Å². The molecule has 0 saturated carbocycles. The van der Waals surface area contributed by atoms with Crippen LogP contribution in [0.15, 0.2) is 10.3 Å². The molecule has 0 aliphatic rings. The maximum Gasteiger partial charge on any atom is 0.304 e. The molecule has 0 aliphatic carbocycles. The molecule has 1 atom stereocenters. The van der Waals surface area contributed by atoms with Gasteiger partial charge in [0.05, 0.1) is 4.92 Å². The zero-order valence-electron chi connectivity index (χ0n) is 12.4. The molecule has 0 fully saturated rings. The summed E-state index contributed by atoms with van der Waals surface area (Å²) in [6, 6.07) is 0.901. The van der Waals surface area contributed by atoms with Crippen molar-refractivity contribution in [2.45, 2.75) is 49.8 Å². The molecule has 7 nitrogen and oxygen atoms in total. The first-order valence-corrected chi connectivity index (χ1v) is 9.10. The largest absolute Gasteiger partial charge is 0.374 e. The Morgan fingerprint density at radius 1 is 1.43 bits per heavy atom. The van der Waals surface area contributed by atoms with Crippen LogP contribution in [0.1, 0.15) is 39.5 Å². The number of nitro groups is 1. The summed E-state index contributed by atoms with van der Waals surface area (Å²) in [5.74, 6) is 0. The highest BCUT2D eigenvalue weighted by atomic mass is 32.2. The van der Waals surface area contributed by atoms with Gasteiger partial charge in [-0.25, -0.2) is 13.1 Å². The summed E-state index contributed by atoms with van der Waals surface area (Å²) < 4.78 is 27.0.